The van der Waals surface area contributed by atoms with E-state index in [1.165, 1.54) is 95.8 Å². The zero-order valence-electron chi connectivity index (χ0n) is 48.9. The van der Waals surface area contributed by atoms with Crippen LogP contribution in [0.5, 0.6) is 0 Å². The zero-order valence-corrected chi connectivity index (χ0v) is 53.8. The number of anilines is 9. The number of para-hydroxylation sites is 6. The maximum absolute atomic E-state index is 4.73. The number of rotatable bonds is 6. The van der Waals surface area contributed by atoms with Gasteiger partial charge in [-0.25, -0.2) is 0 Å². The van der Waals surface area contributed by atoms with E-state index < -0.39 is 0 Å². The molecule has 0 bridgehead atoms. The topological polar surface area (TPSA) is 48.4 Å². The molecule has 0 aliphatic carbocycles. The van der Waals surface area contributed by atoms with E-state index in [1.807, 2.05) is 53.9 Å². The molecule has 0 spiro atoms. The number of fused-ring (bicyclic) bond motifs is 9. The Labute approximate surface area is 555 Å². The van der Waals surface area contributed by atoms with Crippen LogP contribution < -0.4 is 14.7 Å². The van der Waals surface area contributed by atoms with Crippen LogP contribution in [-0.4, -0.2) is 15.0 Å². The van der Waals surface area contributed by atoms with Gasteiger partial charge in [-0.3, -0.25) is 15.0 Å². The van der Waals surface area contributed by atoms with Crippen molar-refractivity contribution in [3.8, 4) is 33.8 Å². The van der Waals surface area contributed by atoms with Crippen LogP contribution in [0.25, 0.3) is 66.1 Å². The Morgan fingerprint density at radius 1 is 0.220 bits per heavy atom. The average Bonchev–Trinajstić information content (AvgIpc) is 1.46. The number of pyridine rings is 3. The van der Waals surface area contributed by atoms with Crippen LogP contribution in [0.3, 0.4) is 0 Å². The third-order valence-corrected chi connectivity index (χ3v) is 19.8. The Hall–Kier alpha value is -10.0. The van der Waals surface area contributed by atoms with Crippen LogP contribution >= 0.6 is 35.3 Å². The van der Waals surface area contributed by atoms with E-state index in [0.29, 0.717) is 0 Å². The first-order chi connectivity index (χ1) is 44.6. The standard InChI is InChI=1S/3C27H18N2S.Ir/c3*1-2-11-22-19(8-1)16-17-28-27(22)20-9-7-10-21(18-20)29-23-12-3-5-14-25(23)30-26-15-6-4-13-24(26)29;/h3*1-18H;/q;;;+3. The normalized spacial score (nSPS) is 12.3. The summed E-state index contributed by atoms with van der Waals surface area (Å²) in [5, 5.41) is 7.14. The Morgan fingerprint density at radius 2 is 0.451 bits per heavy atom. The molecule has 0 atom stereocenters. The van der Waals surface area contributed by atoms with Crippen molar-refractivity contribution in [1.82, 2.24) is 15.0 Å². The molecule has 0 saturated carbocycles. The van der Waals surface area contributed by atoms with E-state index >= 15 is 0 Å². The van der Waals surface area contributed by atoms with Gasteiger partial charge in [0.2, 0.25) is 0 Å². The van der Waals surface area contributed by atoms with Crippen LogP contribution in [-0.2, 0) is 20.1 Å². The molecule has 18 rings (SSSR count). The number of nitrogens with zero attached hydrogens (tertiary/aromatic N) is 6. The molecule has 15 aromatic rings. The summed E-state index contributed by atoms with van der Waals surface area (Å²) in [5.41, 5.74) is 17.1. The number of aromatic nitrogens is 3. The fourth-order valence-electron chi connectivity index (χ4n) is 12.4. The van der Waals surface area contributed by atoms with Gasteiger partial charge >= 0.3 is 20.1 Å². The quantitative estimate of drug-likeness (QED) is 0.162. The molecule has 6 heterocycles. The van der Waals surface area contributed by atoms with Gasteiger partial charge in [-0.2, -0.15) is 0 Å². The third-order valence-electron chi connectivity index (χ3n) is 16.5. The van der Waals surface area contributed by atoms with Gasteiger partial charge in [0.25, 0.3) is 0 Å². The molecule has 0 fully saturated rings. The van der Waals surface area contributed by atoms with Crippen molar-refractivity contribution in [3.63, 3.8) is 0 Å². The molecule has 432 valence electrons. The Kier molecular flexibility index (Phi) is 16.1. The summed E-state index contributed by atoms with van der Waals surface area (Å²) in [7, 11) is 0. The van der Waals surface area contributed by atoms with Gasteiger partial charge in [0.05, 0.1) is 51.2 Å². The van der Waals surface area contributed by atoms with Crippen molar-refractivity contribution in [2.45, 2.75) is 29.4 Å². The van der Waals surface area contributed by atoms with Crippen LogP contribution in [0.1, 0.15) is 0 Å². The second-order valence-corrected chi connectivity index (χ2v) is 25.2. The van der Waals surface area contributed by atoms with E-state index in [1.54, 1.807) is 0 Å². The number of hydrogen-bond donors (Lipinski definition) is 0. The minimum absolute atomic E-state index is 0. The Morgan fingerprint density at radius 3 is 0.714 bits per heavy atom. The van der Waals surface area contributed by atoms with Crippen LogP contribution in [0.4, 0.5) is 51.2 Å². The van der Waals surface area contributed by atoms with Gasteiger partial charge in [-0.05, 0) is 144 Å². The largest absolute Gasteiger partial charge is 3.00 e. The third kappa shape index (κ3) is 11.1. The Bertz CT molecular complexity index is 4550. The summed E-state index contributed by atoms with van der Waals surface area (Å²) in [6, 6.07) is 109. The molecule has 10 heteroatoms. The summed E-state index contributed by atoms with van der Waals surface area (Å²) < 4.78 is 0. The molecule has 3 aromatic heterocycles. The second-order valence-electron chi connectivity index (χ2n) is 21.9. The molecule has 0 amide bonds. The van der Waals surface area contributed by atoms with Gasteiger partial charge in [-0.1, -0.05) is 217 Å². The predicted molar refractivity (Wildman–Crippen MR) is 378 cm³/mol. The van der Waals surface area contributed by atoms with E-state index in [4.69, 9.17) is 15.0 Å². The molecule has 0 N–H and O–H groups in total. The van der Waals surface area contributed by atoms with Crippen LogP contribution in [0, 0.1) is 0 Å². The summed E-state index contributed by atoms with van der Waals surface area (Å²) in [4.78, 5) is 28.9. The van der Waals surface area contributed by atoms with Crippen molar-refractivity contribution in [2.24, 2.45) is 0 Å². The smallest absolute Gasteiger partial charge is 0.308 e. The summed E-state index contributed by atoms with van der Waals surface area (Å²) >= 11 is 5.49. The molecule has 12 aromatic carbocycles. The molecular formula is C81H54IrN6S3+3. The van der Waals surface area contributed by atoms with E-state index in [0.717, 1.165) is 50.8 Å². The first kappa shape index (κ1) is 57.4. The van der Waals surface area contributed by atoms with E-state index in [9.17, 15) is 0 Å². The number of benzene rings is 12. The first-order valence-corrected chi connectivity index (χ1v) is 32.4. The van der Waals surface area contributed by atoms with Crippen molar-refractivity contribution >= 4 is 119 Å². The van der Waals surface area contributed by atoms with Gasteiger partial charge in [0, 0.05) is 97.9 Å². The second kappa shape index (κ2) is 25.5. The maximum atomic E-state index is 4.73. The van der Waals surface area contributed by atoms with Gasteiger partial charge < -0.3 is 14.7 Å². The molecule has 0 radical (unpaired) electrons. The Balaban J connectivity index is 0.000000113. The number of hydrogen-bond acceptors (Lipinski definition) is 9. The fourth-order valence-corrected chi connectivity index (χ4v) is 15.5. The van der Waals surface area contributed by atoms with E-state index in [-0.39, 0.29) is 20.1 Å². The molecule has 6 nitrogen and oxygen atoms in total. The van der Waals surface area contributed by atoms with Crippen molar-refractivity contribution < 1.29 is 20.1 Å². The average molecular weight is 1400 g/mol. The van der Waals surface area contributed by atoms with Crippen LogP contribution in [0.2, 0.25) is 0 Å². The van der Waals surface area contributed by atoms with Crippen molar-refractivity contribution in [2.75, 3.05) is 14.7 Å². The molecular weight excluding hydrogens is 1350 g/mol. The fraction of sp³-hybridized carbons (Fsp3) is 0. The van der Waals surface area contributed by atoms with Gasteiger partial charge in [-0.15, -0.1) is 0 Å². The minimum Gasteiger partial charge on any atom is -0.308 e. The minimum atomic E-state index is 0. The molecule has 91 heavy (non-hydrogen) atoms. The van der Waals surface area contributed by atoms with Crippen molar-refractivity contribution in [1.29, 1.82) is 0 Å². The monoisotopic (exact) mass is 1400 g/mol. The SMILES string of the molecule is [Ir+3].c1cc(-c2nccc3ccccc23)cc(N2c3ccccc3Sc3ccccc32)c1.c1cc(-c2nccc3ccccc23)cc(N2c3ccccc3Sc3ccccc32)c1.c1cc(-c2nccc3ccccc23)cc(N2c3ccccc3Sc3ccccc32)c1. The maximum Gasteiger partial charge on any atom is 3.00 e. The first-order valence-electron chi connectivity index (χ1n) is 30.0. The van der Waals surface area contributed by atoms with Gasteiger partial charge in [0.1, 0.15) is 0 Å². The summed E-state index contributed by atoms with van der Waals surface area (Å²) in [6.07, 6.45) is 5.69. The predicted octanol–water partition coefficient (Wildman–Crippen LogP) is 23.5. The summed E-state index contributed by atoms with van der Waals surface area (Å²) in [6.45, 7) is 0. The molecule has 3 aliphatic rings. The zero-order chi connectivity index (χ0) is 59.7. The van der Waals surface area contributed by atoms with Crippen molar-refractivity contribution in [3.05, 3.63) is 328 Å². The van der Waals surface area contributed by atoms with Crippen LogP contribution in [0.15, 0.2) is 357 Å². The van der Waals surface area contributed by atoms with Gasteiger partial charge in [0.15, 0.2) is 0 Å². The summed E-state index contributed by atoms with van der Waals surface area (Å²) in [5.74, 6) is 0. The molecule has 0 saturated heterocycles. The van der Waals surface area contributed by atoms with E-state index in [2.05, 4.69) is 324 Å². The molecule has 0 unspecified atom stereocenters. The molecule has 3 aliphatic heterocycles.